The molecule has 1 N–H and O–H groups in total. The van der Waals surface area contributed by atoms with Gasteiger partial charge in [0.25, 0.3) is 5.91 Å². The Morgan fingerprint density at radius 1 is 1.26 bits per heavy atom. The van der Waals surface area contributed by atoms with Crippen LogP contribution in [0.1, 0.15) is 16.1 Å². The van der Waals surface area contributed by atoms with Gasteiger partial charge in [0.1, 0.15) is 0 Å². The van der Waals surface area contributed by atoms with Crippen molar-refractivity contribution in [1.82, 2.24) is 30.0 Å². The lowest BCUT2D eigenvalue weighted by Crippen LogP contribution is -2.24. The molecule has 0 aliphatic heterocycles. The van der Waals surface area contributed by atoms with Crippen molar-refractivity contribution < 1.29 is 4.79 Å². The molecule has 7 nitrogen and oxygen atoms in total. The zero-order valence-corrected chi connectivity index (χ0v) is 13.9. The molecule has 0 aliphatic rings. The first kappa shape index (κ1) is 15.3. The van der Waals surface area contributed by atoms with Gasteiger partial charge in [0.2, 0.25) is 0 Å². The van der Waals surface area contributed by atoms with Gasteiger partial charge in [-0.25, -0.2) is 0 Å². The van der Waals surface area contributed by atoms with Gasteiger partial charge in [0.15, 0.2) is 0 Å². The molecule has 0 saturated carbocycles. The summed E-state index contributed by atoms with van der Waals surface area (Å²) in [6.07, 6.45) is 9.92. The van der Waals surface area contributed by atoms with Gasteiger partial charge < -0.3 is 5.32 Å². The number of hydrogen-bond donors (Lipinski definition) is 1. The SMILES string of the molecule is Cn1cc(-c2nccnc2CNC(=O)c2cncc(Br)c2)cn1. The van der Waals surface area contributed by atoms with Gasteiger partial charge in [-0.2, -0.15) is 5.10 Å². The van der Waals surface area contributed by atoms with Crippen molar-refractivity contribution in [2.45, 2.75) is 6.54 Å². The van der Waals surface area contributed by atoms with Crippen LogP contribution in [0.25, 0.3) is 11.3 Å². The van der Waals surface area contributed by atoms with Crippen LogP contribution >= 0.6 is 15.9 Å². The Labute approximate surface area is 140 Å². The molecule has 3 aromatic heterocycles. The van der Waals surface area contributed by atoms with Gasteiger partial charge >= 0.3 is 0 Å². The number of nitrogens with zero attached hydrogens (tertiary/aromatic N) is 5. The quantitative estimate of drug-likeness (QED) is 0.756. The highest BCUT2D eigenvalue weighted by molar-refractivity contribution is 9.10. The Hall–Kier alpha value is -2.61. The fourth-order valence-corrected chi connectivity index (χ4v) is 2.45. The number of aromatic nitrogens is 5. The van der Waals surface area contributed by atoms with E-state index in [1.807, 2.05) is 13.2 Å². The predicted octanol–water partition coefficient (Wildman–Crippen LogP) is 1.96. The molecule has 23 heavy (non-hydrogen) atoms. The predicted molar refractivity (Wildman–Crippen MR) is 87.3 cm³/mol. The molecule has 8 heteroatoms. The minimum absolute atomic E-state index is 0.221. The third-order valence-corrected chi connectivity index (χ3v) is 3.57. The number of carbonyl (C=O) groups is 1. The third kappa shape index (κ3) is 3.59. The summed E-state index contributed by atoms with van der Waals surface area (Å²) in [5, 5.41) is 6.96. The maximum atomic E-state index is 12.2. The molecule has 0 bridgehead atoms. The first-order valence-electron chi connectivity index (χ1n) is 6.81. The van der Waals surface area contributed by atoms with Gasteiger partial charge in [0, 0.05) is 48.1 Å². The Kier molecular flexibility index (Phi) is 4.42. The zero-order valence-electron chi connectivity index (χ0n) is 12.3. The molecule has 0 spiro atoms. The topological polar surface area (TPSA) is 85.6 Å². The molecule has 0 radical (unpaired) electrons. The Morgan fingerprint density at radius 3 is 2.83 bits per heavy atom. The number of hydrogen-bond acceptors (Lipinski definition) is 5. The van der Waals surface area contributed by atoms with E-state index in [2.05, 4.69) is 41.3 Å². The van der Waals surface area contributed by atoms with Gasteiger partial charge in [0.05, 0.1) is 29.7 Å². The lowest BCUT2D eigenvalue weighted by Gasteiger charge is -2.08. The smallest absolute Gasteiger partial charge is 0.253 e. The van der Waals surface area contributed by atoms with E-state index in [0.717, 1.165) is 10.0 Å². The lowest BCUT2D eigenvalue weighted by molar-refractivity contribution is 0.0950. The Bertz CT molecular complexity index is 847. The van der Waals surface area contributed by atoms with Crippen molar-refractivity contribution >= 4 is 21.8 Å². The van der Waals surface area contributed by atoms with Crippen LogP contribution in [0.15, 0.2) is 47.7 Å². The number of nitrogens with one attached hydrogen (secondary N) is 1. The number of halogens is 1. The molecule has 3 rings (SSSR count). The van der Waals surface area contributed by atoms with Gasteiger partial charge in [-0.05, 0) is 22.0 Å². The summed E-state index contributed by atoms with van der Waals surface area (Å²) in [5.41, 5.74) is 2.71. The fourth-order valence-electron chi connectivity index (χ4n) is 2.08. The first-order chi connectivity index (χ1) is 11.1. The molecule has 0 aliphatic carbocycles. The molecule has 3 aromatic rings. The summed E-state index contributed by atoms with van der Waals surface area (Å²) in [5.74, 6) is -0.221. The maximum Gasteiger partial charge on any atom is 0.253 e. The Morgan fingerprint density at radius 2 is 2.09 bits per heavy atom. The summed E-state index contributed by atoms with van der Waals surface area (Å²) in [7, 11) is 1.83. The normalized spacial score (nSPS) is 10.5. The van der Waals surface area contributed by atoms with Crippen LogP contribution in [0.4, 0.5) is 0 Å². The highest BCUT2D eigenvalue weighted by Gasteiger charge is 2.12. The second kappa shape index (κ2) is 6.66. The van der Waals surface area contributed by atoms with Gasteiger partial charge in [-0.15, -0.1) is 0 Å². The van der Waals surface area contributed by atoms with Crippen molar-refractivity contribution in [2.24, 2.45) is 7.05 Å². The van der Waals surface area contributed by atoms with Crippen LogP contribution < -0.4 is 5.32 Å². The maximum absolute atomic E-state index is 12.2. The summed E-state index contributed by atoms with van der Waals surface area (Å²) in [6.45, 7) is 0.267. The van der Waals surface area contributed by atoms with Crippen molar-refractivity contribution in [3.63, 3.8) is 0 Å². The molecule has 3 heterocycles. The molecule has 0 unspecified atom stereocenters. The monoisotopic (exact) mass is 372 g/mol. The third-order valence-electron chi connectivity index (χ3n) is 3.14. The molecule has 0 atom stereocenters. The summed E-state index contributed by atoms with van der Waals surface area (Å²) < 4.78 is 2.44. The minimum Gasteiger partial charge on any atom is -0.346 e. The number of amides is 1. The average Bonchev–Trinajstić information content (AvgIpc) is 2.99. The van der Waals surface area contributed by atoms with Crippen LogP contribution in [0.3, 0.4) is 0 Å². The number of pyridine rings is 1. The molecule has 0 fully saturated rings. The molecular weight excluding hydrogens is 360 g/mol. The van der Waals surface area contributed by atoms with Crippen molar-refractivity contribution in [2.75, 3.05) is 0 Å². The highest BCUT2D eigenvalue weighted by atomic mass is 79.9. The average molecular weight is 373 g/mol. The molecule has 116 valence electrons. The van der Waals surface area contributed by atoms with Crippen LogP contribution in [0, 0.1) is 0 Å². The molecule has 1 amide bonds. The number of carbonyl (C=O) groups excluding carboxylic acids is 1. The Balaban J connectivity index is 1.77. The fraction of sp³-hybridized carbons (Fsp3) is 0.133. The number of rotatable bonds is 4. The highest BCUT2D eigenvalue weighted by Crippen LogP contribution is 2.18. The summed E-state index contributed by atoms with van der Waals surface area (Å²) in [4.78, 5) is 24.8. The van der Waals surface area contributed by atoms with Gasteiger partial charge in [-0.3, -0.25) is 24.4 Å². The second-order valence-corrected chi connectivity index (χ2v) is 5.74. The largest absolute Gasteiger partial charge is 0.346 e. The minimum atomic E-state index is -0.221. The summed E-state index contributed by atoms with van der Waals surface area (Å²) >= 11 is 3.30. The van der Waals surface area contributed by atoms with Crippen LogP contribution in [0.2, 0.25) is 0 Å². The standard InChI is InChI=1S/C15H13BrN6O/c1-22-9-11(6-21-22)14-13(18-2-3-19-14)8-20-15(23)10-4-12(16)7-17-5-10/h2-7,9H,8H2,1H3,(H,20,23). The summed E-state index contributed by atoms with van der Waals surface area (Å²) in [6, 6.07) is 1.71. The second-order valence-electron chi connectivity index (χ2n) is 4.83. The van der Waals surface area contributed by atoms with E-state index in [9.17, 15) is 4.79 Å². The van der Waals surface area contributed by atoms with E-state index >= 15 is 0 Å². The lowest BCUT2D eigenvalue weighted by atomic mass is 10.2. The van der Waals surface area contributed by atoms with Crippen molar-refractivity contribution in [1.29, 1.82) is 0 Å². The van der Waals surface area contributed by atoms with E-state index in [1.165, 1.54) is 6.20 Å². The molecule has 0 aromatic carbocycles. The van der Waals surface area contributed by atoms with Crippen molar-refractivity contribution in [3.05, 3.63) is 59.0 Å². The first-order valence-corrected chi connectivity index (χ1v) is 7.60. The molecular formula is C15H13BrN6O. The number of aryl methyl sites for hydroxylation is 1. The van der Waals surface area contributed by atoms with E-state index in [0.29, 0.717) is 17.0 Å². The van der Waals surface area contributed by atoms with E-state index in [1.54, 1.807) is 35.5 Å². The zero-order chi connectivity index (χ0) is 16.2. The van der Waals surface area contributed by atoms with E-state index in [-0.39, 0.29) is 12.5 Å². The molecule has 0 saturated heterocycles. The van der Waals surface area contributed by atoms with Crippen LogP contribution in [0.5, 0.6) is 0 Å². The van der Waals surface area contributed by atoms with E-state index < -0.39 is 0 Å². The van der Waals surface area contributed by atoms with Crippen LogP contribution in [-0.4, -0.2) is 30.6 Å². The van der Waals surface area contributed by atoms with Gasteiger partial charge in [-0.1, -0.05) is 0 Å². The van der Waals surface area contributed by atoms with Crippen LogP contribution in [-0.2, 0) is 13.6 Å². The van der Waals surface area contributed by atoms with Crippen molar-refractivity contribution in [3.8, 4) is 11.3 Å². The van der Waals surface area contributed by atoms with E-state index in [4.69, 9.17) is 0 Å².